The number of fused-ring (bicyclic) bond motifs is 6. The van der Waals surface area contributed by atoms with Crippen molar-refractivity contribution in [2.75, 3.05) is 13.2 Å². The molecule has 1 spiro atoms. The standard InChI is InChI=1S/C17H13BrN2O2/c18-11-5-6-13-14(7-11)20-16(19-13)8-21-9-17(20)10-22-15-4-2-1-3-12(15)17/h1-7H,8-10H2. The van der Waals surface area contributed by atoms with Gasteiger partial charge in [-0.1, -0.05) is 34.1 Å². The highest BCUT2D eigenvalue weighted by atomic mass is 79.9. The minimum absolute atomic E-state index is 0.320. The van der Waals surface area contributed by atoms with Crippen LogP contribution in [0.1, 0.15) is 11.4 Å². The third-order valence-electron chi connectivity index (χ3n) is 4.54. The van der Waals surface area contributed by atoms with E-state index in [0.717, 1.165) is 27.1 Å². The van der Waals surface area contributed by atoms with Crippen molar-refractivity contribution in [3.63, 3.8) is 0 Å². The van der Waals surface area contributed by atoms with Crippen molar-refractivity contribution in [1.82, 2.24) is 9.55 Å². The highest BCUT2D eigenvalue weighted by molar-refractivity contribution is 9.10. The summed E-state index contributed by atoms with van der Waals surface area (Å²) >= 11 is 3.57. The molecule has 0 bridgehead atoms. The molecular weight excluding hydrogens is 344 g/mol. The molecule has 2 aromatic carbocycles. The maximum Gasteiger partial charge on any atom is 0.137 e. The summed E-state index contributed by atoms with van der Waals surface area (Å²) in [6, 6.07) is 14.4. The van der Waals surface area contributed by atoms with Crippen LogP contribution in [0.25, 0.3) is 11.0 Å². The molecule has 0 amide bonds. The van der Waals surface area contributed by atoms with E-state index in [1.807, 2.05) is 24.3 Å². The van der Waals surface area contributed by atoms with Gasteiger partial charge in [-0.15, -0.1) is 0 Å². The van der Waals surface area contributed by atoms with Crippen LogP contribution < -0.4 is 4.74 Å². The molecule has 4 nitrogen and oxygen atoms in total. The van der Waals surface area contributed by atoms with E-state index in [1.165, 1.54) is 5.56 Å². The van der Waals surface area contributed by atoms with Crippen LogP contribution in [0.3, 0.4) is 0 Å². The molecule has 1 unspecified atom stereocenters. The Morgan fingerprint density at radius 3 is 3.00 bits per heavy atom. The van der Waals surface area contributed by atoms with Gasteiger partial charge in [0.15, 0.2) is 0 Å². The second-order valence-electron chi connectivity index (χ2n) is 5.81. The Labute approximate surface area is 135 Å². The second-order valence-corrected chi connectivity index (χ2v) is 6.72. The molecular formula is C17H13BrN2O2. The number of imidazole rings is 1. The maximum atomic E-state index is 5.96. The number of rotatable bonds is 0. The van der Waals surface area contributed by atoms with Gasteiger partial charge < -0.3 is 14.0 Å². The number of hydrogen-bond acceptors (Lipinski definition) is 3. The Morgan fingerprint density at radius 2 is 2.05 bits per heavy atom. The average Bonchev–Trinajstić information content (AvgIpc) is 3.08. The molecule has 5 heteroatoms. The smallest absolute Gasteiger partial charge is 0.137 e. The molecule has 0 fully saturated rings. The summed E-state index contributed by atoms with van der Waals surface area (Å²) in [6.07, 6.45) is 0. The van der Waals surface area contributed by atoms with Crippen LogP contribution in [0.15, 0.2) is 46.9 Å². The predicted molar refractivity (Wildman–Crippen MR) is 86.1 cm³/mol. The summed E-state index contributed by atoms with van der Waals surface area (Å²) in [5, 5.41) is 0. The lowest BCUT2D eigenvalue weighted by atomic mass is 9.91. The van der Waals surface area contributed by atoms with Gasteiger partial charge in [0.2, 0.25) is 0 Å². The van der Waals surface area contributed by atoms with Gasteiger partial charge in [-0.25, -0.2) is 4.98 Å². The van der Waals surface area contributed by atoms with Crippen molar-refractivity contribution >= 4 is 27.0 Å². The second kappa shape index (κ2) is 4.33. The molecule has 22 heavy (non-hydrogen) atoms. The zero-order valence-electron chi connectivity index (χ0n) is 11.8. The summed E-state index contributed by atoms with van der Waals surface area (Å²) in [7, 11) is 0. The van der Waals surface area contributed by atoms with Crippen molar-refractivity contribution in [2.45, 2.75) is 12.1 Å². The van der Waals surface area contributed by atoms with Gasteiger partial charge >= 0.3 is 0 Å². The van der Waals surface area contributed by atoms with Gasteiger partial charge in [0.25, 0.3) is 0 Å². The third kappa shape index (κ3) is 1.53. The molecule has 0 aliphatic carbocycles. The fourth-order valence-electron chi connectivity index (χ4n) is 3.60. The summed E-state index contributed by atoms with van der Waals surface area (Å²) < 4.78 is 15.2. The van der Waals surface area contributed by atoms with E-state index in [2.05, 4.69) is 38.7 Å². The Hall–Kier alpha value is -1.85. The topological polar surface area (TPSA) is 36.3 Å². The molecule has 3 aromatic rings. The molecule has 0 saturated heterocycles. The normalized spacial score (nSPS) is 22.6. The van der Waals surface area contributed by atoms with Gasteiger partial charge in [-0.3, -0.25) is 0 Å². The lowest BCUT2D eigenvalue weighted by Gasteiger charge is -2.35. The SMILES string of the molecule is Brc1ccc2nc3n(c2c1)C1(COC3)COc2ccccc21. The maximum absolute atomic E-state index is 5.96. The minimum atomic E-state index is -0.320. The zero-order valence-corrected chi connectivity index (χ0v) is 13.3. The Kier molecular flexibility index (Phi) is 2.50. The summed E-state index contributed by atoms with van der Waals surface area (Å²) in [5.74, 6) is 1.90. The molecule has 2 aliphatic heterocycles. The van der Waals surface area contributed by atoms with Gasteiger partial charge in [-0.05, 0) is 24.3 Å². The molecule has 3 heterocycles. The van der Waals surface area contributed by atoms with Crippen molar-refractivity contribution in [3.8, 4) is 5.75 Å². The molecule has 0 N–H and O–H groups in total. The number of hydrogen-bond donors (Lipinski definition) is 0. The molecule has 2 aliphatic rings. The molecule has 1 atom stereocenters. The highest BCUT2D eigenvalue weighted by Gasteiger charge is 2.46. The quantitative estimate of drug-likeness (QED) is 0.618. The van der Waals surface area contributed by atoms with Crippen LogP contribution in [0.5, 0.6) is 5.75 Å². The fourth-order valence-corrected chi connectivity index (χ4v) is 3.95. The van der Waals surface area contributed by atoms with Gasteiger partial charge in [0.1, 0.15) is 30.3 Å². The van der Waals surface area contributed by atoms with Crippen LogP contribution in [0.2, 0.25) is 0 Å². The number of aromatic nitrogens is 2. The molecule has 5 rings (SSSR count). The van der Waals surface area contributed by atoms with Gasteiger partial charge in [0.05, 0.1) is 17.6 Å². The predicted octanol–water partition coefficient (Wildman–Crippen LogP) is 3.47. The van der Waals surface area contributed by atoms with Crippen LogP contribution in [0, 0.1) is 0 Å². The van der Waals surface area contributed by atoms with Crippen molar-refractivity contribution < 1.29 is 9.47 Å². The van der Waals surface area contributed by atoms with Gasteiger partial charge in [0, 0.05) is 10.0 Å². The van der Waals surface area contributed by atoms with Gasteiger partial charge in [-0.2, -0.15) is 0 Å². The first-order chi connectivity index (χ1) is 10.8. The number of ether oxygens (including phenoxy) is 2. The minimum Gasteiger partial charge on any atom is -0.490 e. The van der Waals surface area contributed by atoms with E-state index in [-0.39, 0.29) is 5.54 Å². The Balaban J connectivity index is 1.86. The van der Waals surface area contributed by atoms with Crippen molar-refractivity contribution in [3.05, 3.63) is 58.3 Å². The van der Waals surface area contributed by atoms with Crippen molar-refractivity contribution in [2.24, 2.45) is 0 Å². The first-order valence-corrected chi connectivity index (χ1v) is 8.05. The van der Waals surface area contributed by atoms with E-state index in [0.29, 0.717) is 19.8 Å². The molecule has 1 aromatic heterocycles. The number of benzene rings is 2. The Morgan fingerprint density at radius 1 is 1.14 bits per heavy atom. The van der Waals surface area contributed by atoms with E-state index in [1.54, 1.807) is 0 Å². The van der Waals surface area contributed by atoms with Crippen LogP contribution >= 0.6 is 15.9 Å². The summed E-state index contributed by atoms with van der Waals surface area (Å²) in [6.45, 7) is 1.72. The molecule has 0 radical (unpaired) electrons. The number of nitrogens with zero attached hydrogens (tertiary/aromatic N) is 2. The summed E-state index contributed by atoms with van der Waals surface area (Å²) in [5.41, 5.74) is 2.97. The molecule has 110 valence electrons. The fraction of sp³-hybridized carbons (Fsp3) is 0.235. The zero-order chi connectivity index (χ0) is 14.7. The van der Waals surface area contributed by atoms with Crippen LogP contribution in [0.4, 0.5) is 0 Å². The largest absolute Gasteiger partial charge is 0.490 e. The Bertz CT molecular complexity index is 905. The van der Waals surface area contributed by atoms with E-state index >= 15 is 0 Å². The van der Waals surface area contributed by atoms with Crippen LogP contribution in [-0.4, -0.2) is 22.8 Å². The number of para-hydroxylation sites is 1. The first kappa shape index (κ1) is 12.7. The monoisotopic (exact) mass is 356 g/mol. The molecule has 0 saturated carbocycles. The van der Waals surface area contributed by atoms with E-state index in [4.69, 9.17) is 14.5 Å². The van der Waals surface area contributed by atoms with E-state index in [9.17, 15) is 0 Å². The first-order valence-electron chi connectivity index (χ1n) is 7.25. The summed E-state index contributed by atoms with van der Waals surface area (Å²) in [4.78, 5) is 4.75. The lowest BCUT2D eigenvalue weighted by Crippen LogP contribution is -2.45. The third-order valence-corrected chi connectivity index (χ3v) is 5.03. The average molecular weight is 357 g/mol. The highest BCUT2D eigenvalue weighted by Crippen LogP contribution is 2.44. The van der Waals surface area contributed by atoms with E-state index < -0.39 is 0 Å². The lowest BCUT2D eigenvalue weighted by molar-refractivity contribution is 0.0137. The van der Waals surface area contributed by atoms with Crippen molar-refractivity contribution in [1.29, 1.82) is 0 Å². The number of halogens is 1. The van der Waals surface area contributed by atoms with Crippen LogP contribution in [-0.2, 0) is 16.9 Å².